The molecule has 0 radical (unpaired) electrons. The third-order valence-electron chi connectivity index (χ3n) is 8.72. The Morgan fingerprint density at radius 2 is 1.40 bits per heavy atom. The van der Waals surface area contributed by atoms with E-state index >= 15 is 0 Å². The Labute approximate surface area is 449 Å². The molecule has 2 aliphatic carbocycles. The molecule has 0 spiro atoms. The van der Waals surface area contributed by atoms with Gasteiger partial charge in [-0.2, -0.15) is 10.2 Å². The van der Waals surface area contributed by atoms with Gasteiger partial charge in [0.05, 0.1) is 70.7 Å². The monoisotopic (exact) mass is 944 g/mol. The van der Waals surface area contributed by atoms with E-state index < -0.39 is 85.8 Å². The van der Waals surface area contributed by atoms with E-state index in [1.54, 1.807) is 0 Å². The molecule has 1 amide bonds. The molecule has 1 heterocycles. The zero-order valence-electron chi connectivity index (χ0n) is 30.3. The van der Waals surface area contributed by atoms with E-state index in [0.29, 0.717) is 45.2 Å². The second-order valence-corrected chi connectivity index (χ2v) is 20.5. The number of aromatic nitrogens is 2. The minimum Gasteiger partial charge on any atom is -0.748 e. The van der Waals surface area contributed by atoms with Crippen molar-refractivity contribution in [3.05, 3.63) is 6.20 Å². The summed E-state index contributed by atoms with van der Waals surface area (Å²) in [4.78, 5) is 13.9. The summed E-state index contributed by atoms with van der Waals surface area (Å²) in [7, 11) is -17.5. The van der Waals surface area contributed by atoms with Crippen molar-refractivity contribution in [1.29, 1.82) is 0 Å². The molecule has 3 rings (SSSR count). The van der Waals surface area contributed by atoms with E-state index in [1.165, 1.54) is 6.92 Å². The van der Waals surface area contributed by atoms with Crippen molar-refractivity contribution in [2.75, 3.05) is 30.9 Å². The third-order valence-corrected chi connectivity index (χ3v) is 13.5. The smallest absolute Gasteiger partial charge is 0.748 e. The van der Waals surface area contributed by atoms with Crippen molar-refractivity contribution in [2.45, 2.75) is 110 Å². The number of carbonyl (C=O) groups excluding carboxylic acids is 1. The van der Waals surface area contributed by atoms with E-state index in [9.17, 15) is 52.1 Å². The van der Waals surface area contributed by atoms with Crippen molar-refractivity contribution in [1.82, 2.24) is 20.0 Å². The fraction of sp³-hybridized carbons (Fsp3) is 0.846. The number of nitrogens with one attached hydrogen (secondary N) is 1. The Bertz CT molecular complexity index is 1770. The largest absolute Gasteiger partial charge is 1.00 e. The summed E-state index contributed by atoms with van der Waals surface area (Å²) >= 11 is 13.0. The quantitative estimate of drug-likeness (QED) is 0.0500. The first kappa shape index (κ1) is 56.4. The fourth-order valence-electron chi connectivity index (χ4n) is 6.37. The number of azo groups is 1. The summed E-state index contributed by atoms with van der Waals surface area (Å²) in [5.74, 6) is -1.69. The van der Waals surface area contributed by atoms with E-state index in [-0.39, 0.29) is 202 Å². The maximum absolute atomic E-state index is 12.7. The van der Waals surface area contributed by atoms with Crippen LogP contribution >= 0.6 is 23.2 Å². The Morgan fingerprint density at radius 3 is 1.83 bits per heavy atom. The summed E-state index contributed by atoms with van der Waals surface area (Å²) in [6.07, 6.45) is 3.51. The molecule has 1 N–H and O–H groups in total. The van der Waals surface area contributed by atoms with Crippen LogP contribution in [0.2, 0.25) is 0 Å². The van der Waals surface area contributed by atoms with Gasteiger partial charge in [-0.1, -0.05) is 0 Å². The van der Waals surface area contributed by atoms with E-state index in [4.69, 9.17) is 23.2 Å². The Balaban J connectivity index is 0.00000901. The molecule has 2 fully saturated rings. The van der Waals surface area contributed by atoms with Crippen molar-refractivity contribution < 1.29 is 206 Å². The van der Waals surface area contributed by atoms with Gasteiger partial charge in [0.25, 0.3) is 0 Å². The number of alkyl halides is 2. The average molecular weight is 946 g/mol. The van der Waals surface area contributed by atoms with Gasteiger partial charge in [-0.05, 0) is 70.9 Å². The summed E-state index contributed by atoms with van der Waals surface area (Å²) < 4.78 is 128. The molecule has 0 aromatic carbocycles. The summed E-state index contributed by atoms with van der Waals surface area (Å²) in [6.45, 7) is 2.02. The maximum Gasteiger partial charge on any atom is 1.00 e. The molecule has 53 heavy (non-hydrogen) atoms. The molecule has 27 heteroatoms. The first-order valence-electron chi connectivity index (χ1n) is 15.8. The predicted octanol–water partition coefficient (Wildman–Crippen LogP) is -7.78. The van der Waals surface area contributed by atoms with E-state index in [2.05, 4.69) is 20.6 Å². The van der Waals surface area contributed by atoms with Gasteiger partial charge in [0.1, 0.15) is 4.90 Å². The van der Waals surface area contributed by atoms with Crippen LogP contribution in [-0.4, -0.2) is 133 Å². The van der Waals surface area contributed by atoms with Gasteiger partial charge in [0.15, 0.2) is 15.7 Å². The molecule has 5 atom stereocenters. The molecule has 1 aromatic heterocycles. The number of halogens is 2. The van der Waals surface area contributed by atoms with Crippen LogP contribution in [0.3, 0.4) is 0 Å². The number of nitrogens with zero attached hydrogens (tertiary/aromatic N) is 5. The molecule has 5 unspecified atom stereocenters. The van der Waals surface area contributed by atoms with Crippen LogP contribution in [0.15, 0.2) is 21.3 Å². The van der Waals surface area contributed by atoms with Crippen LogP contribution in [0.1, 0.15) is 70.8 Å². The van der Waals surface area contributed by atoms with Gasteiger partial charge in [0.2, 0.25) is 5.91 Å². The molecule has 0 saturated heterocycles. The molecule has 0 bridgehead atoms. The van der Waals surface area contributed by atoms with Gasteiger partial charge in [-0.25, -0.2) is 38.4 Å². The number of amides is 1. The van der Waals surface area contributed by atoms with E-state index in [0.717, 1.165) is 17.1 Å². The zero-order chi connectivity index (χ0) is 37.7. The van der Waals surface area contributed by atoms with Crippen molar-refractivity contribution >= 4 is 75.1 Å². The molecule has 1 aromatic rings. The first-order chi connectivity index (χ1) is 23.0. The Hall–Kier alpha value is 3.41. The molecule has 2 aliphatic rings. The molecule has 2 saturated carbocycles. The predicted molar refractivity (Wildman–Crippen MR) is 179 cm³/mol. The molecule has 0 aliphatic heterocycles. The molecule has 18 nitrogen and oxygen atoms in total. The molecular weight excluding hydrogens is 905 g/mol. The summed E-state index contributed by atoms with van der Waals surface area (Å²) in [5, 5.41) is 12.3. The number of hydrogen-bond donors (Lipinski definition) is 1. The standard InChI is InChI=1S/C26H44Cl2N6O12S4.3K/c1-17(35)30-23-13-18(33(9-3-5-11-48(38,39)40)10-4-6-12-49(41,42)43)7-8-22(23)31-32-26-24(47(2,36)37)16-29-34(26)25-20(27)14-19(15-21(25)28)50(44,45)46;;;/h16,18-23,25H,3-15H2,1-2H3,(H,30,35)(H,38,39,40)(H,41,42,43)(H,44,45,46);;;/q;3*+1/p-3. The zero-order valence-corrected chi connectivity index (χ0v) is 44.5. The normalized spacial score (nSPS) is 25.6. The fourth-order valence-corrected chi connectivity index (χ4v) is 10.4. The molecule has 288 valence electrons. The van der Waals surface area contributed by atoms with Gasteiger partial charge in [-0.15, -0.1) is 28.3 Å². The second-order valence-electron chi connectivity index (χ2n) is 12.7. The maximum atomic E-state index is 12.7. The van der Waals surface area contributed by atoms with Gasteiger partial charge in [-0.3, -0.25) is 4.79 Å². The van der Waals surface area contributed by atoms with Gasteiger partial charge < -0.3 is 23.9 Å². The number of rotatable bonds is 17. The Kier molecular flexibility index (Phi) is 26.3. The number of hydrogen-bond acceptors (Lipinski definition) is 16. The van der Waals surface area contributed by atoms with Crippen molar-refractivity contribution in [3.8, 4) is 0 Å². The topological polar surface area (TPSA) is 281 Å². The SMILES string of the molecule is CC(=O)NC1CC(N(CCCCS(=O)(=O)[O-])CCCCS(=O)(=O)[O-])CCC1N=Nc1c(S(C)(=O)=O)cnn1C1C(Cl)CC(S(=O)(=O)[O-])CC1Cl.[K+].[K+].[K+]. The van der Waals surface area contributed by atoms with Crippen LogP contribution in [0.25, 0.3) is 0 Å². The number of sulfone groups is 1. The first-order valence-corrected chi connectivity index (χ1v) is 23.1. The third kappa shape index (κ3) is 19.3. The minimum absolute atomic E-state index is 0. The van der Waals surface area contributed by atoms with Crippen LogP contribution in [0.5, 0.6) is 0 Å². The number of carbonyl (C=O) groups is 1. The van der Waals surface area contributed by atoms with Crippen LogP contribution in [0.4, 0.5) is 5.82 Å². The van der Waals surface area contributed by atoms with Gasteiger partial charge in [0, 0.05) is 30.7 Å². The summed E-state index contributed by atoms with van der Waals surface area (Å²) in [5.41, 5.74) is 0. The second kappa shape index (κ2) is 24.8. The van der Waals surface area contributed by atoms with Crippen molar-refractivity contribution in [2.24, 2.45) is 10.2 Å². The minimum atomic E-state index is -4.70. The number of unbranched alkanes of at least 4 members (excludes halogenated alkanes) is 2. The van der Waals surface area contributed by atoms with Crippen LogP contribution in [-0.2, 0) is 45.0 Å². The van der Waals surface area contributed by atoms with Crippen LogP contribution in [0, 0.1) is 0 Å². The van der Waals surface area contributed by atoms with Crippen molar-refractivity contribution in [3.63, 3.8) is 0 Å². The van der Waals surface area contributed by atoms with Gasteiger partial charge >= 0.3 is 154 Å². The van der Waals surface area contributed by atoms with Crippen LogP contribution < -0.4 is 159 Å². The summed E-state index contributed by atoms with van der Waals surface area (Å²) in [6, 6.07) is -2.43. The Morgan fingerprint density at radius 1 is 0.887 bits per heavy atom. The molecular formula is C26H41Cl2K3N6O12S4. The van der Waals surface area contributed by atoms with E-state index in [1.807, 2.05) is 4.90 Å². The average Bonchev–Trinajstić information content (AvgIpc) is 3.37.